The Morgan fingerprint density at radius 1 is 1.06 bits per heavy atom. The molecule has 0 radical (unpaired) electrons. The minimum Gasteiger partial charge on any atom is -0.390 e. The van der Waals surface area contributed by atoms with Crippen LogP contribution in [0.5, 0.6) is 0 Å². The second-order valence-corrected chi connectivity index (χ2v) is 6.29. The van der Waals surface area contributed by atoms with Crippen LogP contribution in [0.2, 0.25) is 0 Å². The van der Waals surface area contributed by atoms with E-state index in [0.29, 0.717) is 12.5 Å². The van der Waals surface area contributed by atoms with Crippen molar-refractivity contribution in [2.75, 3.05) is 0 Å². The summed E-state index contributed by atoms with van der Waals surface area (Å²) in [7, 11) is -8.86. The number of hydrogen-bond donors (Lipinski definition) is 0. The van der Waals surface area contributed by atoms with Gasteiger partial charge in [-0.1, -0.05) is 19.7 Å². The molecule has 0 saturated heterocycles. The van der Waals surface area contributed by atoms with Gasteiger partial charge in [0.2, 0.25) is 0 Å². The maximum Gasteiger partial charge on any atom is 0.333 e. The summed E-state index contributed by atoms with van der Waals surface area (Å²) in [5.74, 6) is 0. The van der Waals surface area contributed by atoms with Crippen molar-refractivity contribution in [3.05, 3.63) is 37.8 Å². The first-order valence-electron chi connectivity index (χ1n) is 3.90. The van der Waals surface area contributed by atoms with Crippen molar-refractivity contribution < 1.29 is 25.2 Å². The predicted molar refractivity (Wildman–Crippen MR) is 59.0 cm³/mol. The van der Waals surface area contributed by atoms with Crippen molar-refractivity contribution in [1.29, 1.82) is 0 Å². The van der Waals surface area contributed by atoms with Crippen LogP contribution in [0.4, 0.5) is 0 Å². The van der Waals surface area contributed by atoms with Crippen molar-refractivity contribution in [1.82, 2.24) is 0 Å². The molecule has 0 aromatic carbocycles. The summed E-state index contributed by atoms with van der Waals surface area (Å²) in [6.07, 6.45) is 1.21. The fourth-order valence-corrected chi connectivity index (χ4v) is 3.92. The molecule has 0 aliphatic heterocycles. The molecule has 0 aliphatic rings. The van der Waals surface area contributed by atoms with Crippen molar-refractivity contribution in [3.63, 3.8) is 0 Å². The molecule has 92 valence electrons. The molecular weight excluding hydrogens is 256 g/mol. The molecule has 0 spiro atoms. The summed E-state index contributed by atoms with van der Waals surface area (Å²) in [6.45, 7) is 10.5. The SMILES string of the molecule is C=COS(=O)(=O)C(C(=C)C)S(=O)(=O)OC=C. The van der Waals surface area contributed by atoms with Gasteiger partial charge >= 0.3 is 20.2 Å². The summed E-state index contributed by atoms with van der Waals surface area (Å²) in [6, 6.07) is 0. The Balaban J connectivity index is 5.60. The summed E-state index contributed by atoms with van der Waals surface area (Å²) in [5, 5.41) is 0. The van der Waals surface area contributed by atoms with Gasteiger partial charge in [-0.05, 0) is 12.5 Å². The molecule has 0 saturated carbocycles. The molecule has 0 aromatic heterocycles. The lowest BCUT2D eigenvalue weighted by atomic mass is 10.4. The highest BCUT2D eigenvalue weighted by Gasteiger charge is 2.41. The summed E-state index contributed by atoms with van der Waals surface area (Å²) < 4.78 is 52.1. The molecule has 0 atom stereocenters. The molecule has 0 heterocycles. The number of rotatable bonds is 7. The molecular formula is C8H12O6S2. The average molecular weight is 268 g/mol. The van der Waals surface area contributed by atoms with Crippen LogP contribution in [-0.4, -0.2) is 21.4 Å². The van der Waals surface area contributed by atoms with Crippen LogP contribution in [0, 0.1) is 0 Å². The van der Waals surface area contributed by atoms with Crippen molar-refractivity contribution >= 4 is 20.2 Å². The van der Waals surface area contributed by atoms with E-state index < -0.39 is 24.8 Å². The minimum absolute atomic E-state index is 0.163. The molecule has 8 heteroatoms. The van der Waals surface area contributed by atoms with E-state index in [4.69, 9.17) is 0 Å². The van der Waals surface area contributed by atoms with E-state index in [9.17, 15) is 16.8 Å². The monoisotopic (exact) mass is 268 g/mol. The van der Waals surface area contributed by atoms with Gasteiger partial charge in [0.15, 0.2) is 0 Å². The molecule has 0 unspecified atom stereocenters. The van der Waals surface area contributed by atoms with Crippen molar-refractivity contribution in [3.8, 4) is 0 Å². The Labute approximate surface area is 95.1 Å². The smallest absolute Gasteiger partial charge is 0.333 e. The lowest BCUT2D eigenvalue weighted by Crippen LogP contribution is -2.32. The van der Waals surface area contributed by atoms with Gasteiger partial charge in [-0.3, -0.25) is 0 Å². The minimum atomic E-state index is -4.43. The molecule has 0 aliphatic carbocycles. The highest BCUT2D eigenvalue weighted by atomic mass is 32.3. The lowest BCUT2D eigenvalue weighted by molar-refractivity contribution is 0.424. The van der Waals surface area contributed by atoms with E-state index in [1.807, 2.05) is 0 Å². The molecule has 0 bridgehead atoms. The summed E-state index contributed by atoms with van der Waals surface area (Å²) in [5.41, 5.74) is -0.163. The van der Waals surface area contributed by atoms with E-state index in [0.717, 1.165) is 0 Å². The quantitative estimate of drug-likeness (QED) is 0.387. The van der Waals surface area contributed by atoms with Crippen LogP contribution in [0.25, 0.3) is 0 Å². The fourth-order valence-electron chi connectivity index (χ4n) is 0.928. The fraction of sp³-hybridized carbons (Fsp3) is 0.250. The first-order valence-corrected chi connectivity index (χ1v) is 6.84. The van der Waals surface area contributed by atoms with E-state index in [-0.39, 0.29) is 5.57 Å². The summed E-state index contributed by atoms with van der Waals surface area (Å²) in [4.78, 5) is 0. The maximum atomic E-state index is 11.4. The predicted octanol–water partition coefficient (Wildman–Crippen LogP) is 0.868. The molecule has 0 rings (SSSR count). The van der Waals surface area contributed by atoms with Gasteiger partial charge in [0.25, 0.3) is 4.58 Å². The van der Waals surface area contributed by atoms with E-state index in [1.165, 1.54) is 6.92 Å². The Kier molecular flexibility index (Phi) is 4.76. The zero-order valence-corrected chi connectivity index (χ0v) is 10.3. The topological polar surface area (TPSA) is 86.7 Å². The van der Waals surface area contributed by atoms with E-state index >= 15 is 0 Å². The maximum absolute atomic E-state index is 11.4. The first-order chi connectivity index (χ1) is 7.19. The third-order valence-corrected chi connectivity index (χ3v) is 5.41. The summed E-state index contributed by atoms with van der Waals surface area (Å²) >= 11 is 0. The average Bonchev–Trinajstić information content (AvgIpc) is 1.99. The third-order valence-electron chi connectivity index (χ3n) is 1.33. The van der Waals surface area contributed by atoms with Crippen molar-refractivity contribution in [2.24, 2.45) is 0 Å². The first kappa shape index (κ1) is 14.7. The van der Waals surface area contributed by atoms with Crippen molar-refractivity contribution in [2.45, 2.75) is 11.5 Å². The van der Waals surface area contributed by atoms with Crippen LogP contribution in [-0.2, 0) is 28.6 Å². The highest BCUT2D eigenvalue weighted by Crippen LogP contribution is 2.21. The molecule has 0 fully saturated rings. The Morgan fingerprint density at radius 3 is 1.56 bits per heavy atom. The Hall–Kier alpha value is -1.28. The Bertz CT molecular complexity index is 445. The largest absolute Gasteiger partial charge is 0.390 e. The van der Waals surface area contributed by atoms with Gasteiger partial charge in [-0.2, -0.15) is 16.8 Å². The second kappa shape index (κ2) is 5.17. The van der Waals surface area contributed by atoms with Crippen LogP contribution in [0.1, 0.15) is 6.92 Å². The van der Waals surface area contributed by atoms with E-state index in [2.05, 4.69) is 28.1 Å². The van der Waals surface area contributed by atoms with E-state index in [1.54, 1.807) is 0 Å². The van der Waals surface area contributed by atoms with Crippen LogP contribution >= 0.6 is 0 Å². The van der Waals surface area contributed by atoms with Crippen LogP contribution in [0.3, 0.4) is 0 Å². The lowest BCUT2D eigenvalue weighted by Gasteiger charge is -2.15. The second-order valence-electron chi connectivity index (χ2n) is 2.69. The normalized spacial score (nSPS) is 11.9. The molecule has 16 heavy (non-hydrogen) atoms. The zero-order valence-electron chi connectivity index (χ0n) is 8.62. The van der Waals surface area contributed by atoms with Gasteiger partial charge in [0.1, 0.15) is 0 Å². The number of hydrogen-bond acceptors (Lipinski definition) is 6. The van der Waals surface area contributed by atoms with Gasteiger partial charge < -0.3 is 8.37 Å². The van der Waals surface area contributed by atoms with Crippen LogP contribution < -0.4 is 0 Å². The van der Waals surface area contributed by atoms with Gasteiger partial charge in [0.05, 0.1) is 12.5 Å². The highest BCUT2D eigenvalue weighted by molar-refractivity contribution is 8.05. The van der Waals surface area contributed by atoms with Gasteiger partial charge in [-0.15, -0.1) is 0 Å². The Morgan fingerprint density at radius 2 is 1.38 bits per heavy atom. The van der Waals surface area contributed by atoms with Crippen LogP contribution in [0.15, 0.2) is 37.8 Å². The molecule has 0 aromatic rings. The molecule has 0 N–H and O–H groups in total. The van der Waals surface area contributed by atoms with Gasteiger partial charge in [-0.25, -0.2) is 0 Å². The van der Waals surface area contributed by atoms with Gasteiger partial charge in [0, 0.05) is 0 Å². The molecule has 6 nitrogen and oxygen atoms in total. The zero-order chi connectivity index (χ0) is 13.0. The third kappa shape index (κ3) is 3.38. The molecule has 0 amide bonds. The standard InChI is InChI=1S/C8H12O6S2/c1-5-13-15(9,10)8(7(3)4)16(11,12)14-6-2/h5-6,8H,1-3H2,4H3.